The molecule has 10 heteroatoms. The van der Waals surface area contributed by atoms with Crippen LogP contribution >= 0.6 is 11.6 Å². The van der Waals surface area contributed by atoms with E-state index in [1.165, 1.54) is 27.6 Å². The zero-order chi connectivity index (χ0) is 22.6. The Balaban J connectivity index is 1.95. The van der Waals surface area contributed by atoms with Gasteiger partial charge in [-0.15, -0.1) is 0 Å². The standard InChI is InChI=1S/C22H15ClF3N5O/c1-2-9-30-11-27-19-17(21(30)32)18-20(29-16-6-4-3-5-15(16)28-18)31(19)12-7-8-14(23)13(10-12)22(24,25)26/h3-8,10-11H,2,9H2,1H3. The Hall–Kier alpha value is -3.46. The second-order valence-corrected chi connectivity index (χ2v) is 7.73. The second-order valence-electron chi connectivity index (χ2n) is 7.32. The lowest BCUT2D eigenvalue weighted by Gasteiger charge is -2.13. The van der Waals surface area contributed by atoms with E-state index in [4.69, 9.17) is 11.6 Å². The molecule has 2 aromatic carbocycles. The van der Waals surface area contributed by atoms with Crippen LogP contribution in [0.4, 0.5) is 13.2 Å². The average Bonchev–Trinajstić information content (AvgIpc) is 3.07. The molecule has 0 bridgehead atoms. The van der Waals surface area contributed by atoms with Gasteiger partial charge >= 0.3 is 6.18 Å². The van der Waals surface area contributed by atoms with Crippen molar-refractivity contribution in [2.75, 3.05) is 0 Å². The fourth-order valence-electron chi connectivity index (χ4n) is 3.79. The molecule has 0 fully saturated rings. The molecule has 0 radical (unpaired) electrons. The Kier molecular flexibility index (Phi) is 4.67. The van der Waals surface area contributed by atoms with Crippen LogP contribution in [0.25, 0.3) is 38.9 Å². The van der Waals surface area contributed by atoms with Crippen molar-refractivity contribution in [2.45, 2.75) is 26.1 Å². The van der Waals surface area contributed by atoms with Crippen LogP contribution in [0, 0.1) is 0 Å². The van der Waals surface area contributed by atoms with Gasteiger partial charge in [-0.3, -0.25) is 13.9 Å². The molecule has 0 saturated carbocycles. The summed E-state index contributed by atoms with van der Waals surface area (Å²) in [6.45, 7) is 2.38. The number of hydrogen-bond donors (Lipinski definition) is 0. The number of nitrogens with zero attached hydrogens (tertiary/aromatic N) is 5. The summed E-state index contributed by atoms with van der Waals surface area (Å²) in [7, 11) is 0. The van der Waals surface area contributed by atoms with Gasteiger partial charge in [0.1, 0.15) is 10.9 Å². The molecule has 0 amide bonds. The number of aryl methyl sites for hydroxylation is 1. The van der Waals surface area contributed by atoms with Gasteiger partial charge in [-0.1, -0.05) is 30.7 Å². The molecule has 3 heterocycles. The molecule has 0 atom stereocenters. The minimum atomic E-state index is -4.65. The molecule has 5 rings (SSSR count). The quantitative estimate of drug-likeness (QED) is 0.365. The number of hydrogen-bond acceptors (Lipinski definition) is 4. The molecule has 0 unspecified atom stereocenters. The van der Waals surface area contributed by atoms with Crippen molar-refractivity contribution in [2.24, 2.45) is 0 Å². The van der Waals surface area contributed by atoms with Crippen LogP contribution in [0.3, 0.4) is 0 Å². The zero-order valence-corrected chi connectivity index (χ0v) is 17.4. The molecule has 5 aromatic rings. The number of benzene rings is 2. The SMILES string of the molecule is CCCn1cnc2c(c1=O)c1nc3ccccc3nc1n2-c1ccc(Cl)c(C(F)(F)F)c1. The molecule has 0 aliphatic carbocycles. The van der Waals surface area contributed by atoms with Gasteiger partial charge in [0.2, 0.25) is 0 Å². The number of aromatic nitrogens is 5. The Morgan fingerprint density at radius 2 is 1.75 bits per heavy atom. The summed E-state index contributed by atoms with van der Waals surface area (Å²) in [5.41, 5.74) is 0.641. The van der Waals surface area contributed by atoms with E-state index in [1.807, 2.05) is 6.92 Å². The topological polar surface area (TPSA) is 65.6 Å². The van der Waals surface area contributed by atoms with Gasteiger partial charge in [-0.25, -0.2) is 15.0 Å². The highest BCUT2D eigenvalue weighted by molar-refractivity contribution is 6.31. The van der Waals surface area contributed by atoms with E-state index in [9.17, 15) is 18.0 Å². The fourth-order valence-corrected chi connectivity index (χ4v) is 4.01. The van der Waals surface area contributed by atoms with E-state index in [-0.39, 0.29) is 33.4 Å². The van der Waals surface area contributed by atoms with Gasteiger partial charge in [-0.2, -0.15) is 13.2 Å². The largest absolute Gasteiger partial charge is 0.417 e. The summed E-state index contributed by atoms with van der Waals surface area (Å²) >= 11 is 5.81. The molecule has 3 aromatic heterocycles. The van der Waals surface area contributed by atoms with Gasteiger partial charge in [0.05, 0.1) is 27.9 Å². The van der Waals surface area contributed by atoms with Crippen LogP contribution in [0.15, 0.2) is 53.6 Å². The molecule has 162 valence electrons. The first-order chi connectivity index (χ1) is 15.3. The minimum absolute atomic E-state index is 0.131. The lowest BCUT2D eigenvalue weighted by atomic mass is 10.2. The normalized spacial score (nSPS) is 12.3. The van der Waals surface area contributed by atoms with Crippen LogP contribution in [-0.2, 0) is 12.7 Å². The molecular weight excluding hydrogens is 443 g/mol. The van der Waals surface area contributed by atoms with Crippen molar-refractivity contribution in [3.63, 3.8) is 0 Å². The summed E-state index contributed by atoms with van der Waals surface area (Å²) in [4.78, 5) is 26.9. The molecule has 0 aliphatic heterocycles. The zero-order valence-electron chi connectivity index (χ0n) is 16.7. The highest BCUT2D eigenvalue weighted by Crippen LogP contribution is 2.37. The van der Waals surface area contributed by atoms with Gasteiger partial charge in [0.15, 0.2) is 11.3 Å². The van der Waals surface area contributed by atoms with Gasteiger partial charge in [0.25, 0.3) is 5.56 Å². The first kappa shape index (κ1) is 20.4. The molecule has 0 aliphatic rings. The van der Waals surface area contributed by atoms with Crippen LogP contribution in [0.5, 0.6) is 0 Å². The molecule has 0 N–H and O–H groups in total. The maximum atomic E-state index is 13.5. The average molecular weight is 458 g/mol. The predicted molar refractivity (Wildman–Crippen MR) is 116 cm³/mol. The molecule has 0 spiro atoms. The summed E-state index contributed by atoms with van der Waals surface area (Å²) in [5, 5.41) is -0.213. The highest BCUT2D eigenvalue weighted by Gasteiger charge is 2.34. The molecule has 0 saturated heterocycles. The summed E-state index contributed by atoms with van der Waals surface area (Å²) in [6.07, 6.45) is -2.54. The Morgan fingerprint density at radius 1 is 1.03 bits per heavy atom. The maximum Gasteiger partial charge on any atom is 0.417 e. The first-order valence-corrected chi connectivity index (χ1v) is 10.2. The molecule has 32 heavy (non-hydrogen) atoms. The Labute approximate surface area is 183 Å². The first-order valence-electron chi connectivity index (χ1n) is 9.83. The second kappa shape index (κ2) is 7.30. The molecular formula is C22H15ClF3N5O. The van der Waals surface area contributed by atoms with Crippen molar-refractivity contribution < 1.29 is 13.2 Å². The van der Waals surface area contributed by atoms with Crippen molar-refractivity contribution in [1.82, 2.24) is 24.1 Å². The summed E-state index contributed by atoms with van der Waals surface area (Å²) < 4.78 is 43.4. The third-order valence-corrected chi connectivity index (χ3v) is 5.54. The van der Waals surface area contributed by atoms with E-state index < -0.39 is 16.8 Å². The number of fused-ring (bicyclic) bond motifs is 4. The Morgan fingerprint density at radius 3 is 2.44 bits per heavy atom. The Bertz CT molecular complexity index is 1570. The third-order valence-electron chi connectivity index (χ3n) is 5.21. The fraction of sp³-hybridized carbons (Fsp3) is 0.182. The van der Waals surface area contributed by atoms with E-state index in [2.05, 4.69) is 15.0 Å². The van der Waals surface area contributed by atoms with Crippen LogP contribution in [0.2, 0.25) is 5.02 Å². The summed E-state index contributed by atoms with van der Waals surface area (Å²) in [5.74, 6) is 0. The predicted octanol–water partition coefficient (Wildman–Crippen LogP) is 5.37. The minimum Gasteiger partial charge on any atom is -0.299 e. The van der Waals surface area contributed by atoms with E-state index in [0.717, 1.165) is 6.07 Å². The van der Waals surface area contributed by atoms with Crippen LogP contribution < -0.4 is 5.56 Å². The van der Waals surface area contributed by atoms with Crippen LogP contribution in [0.1, 0.15) is 18.9 Å². The van der Waals surface area contributed by atoms with Gasteiger partial charge < -0.3 is 0 Å². The van der Waals surface area contributed by atoms with E-state index in [1.54, 1.807) is 24.3 Å². The number of halogens is 4. The van der Waals surface area contributed by atoms with Crippen LogP contribution in [-0.4, -0.2) is 24.1 Å². The number of alkyl halides is 3. The van der Waals surface area contributed by atoms with Crippen molar-refractivity contribution >= 4 is 44.8 Å². The number of rotatable bonds is 3. The lowest BCUT2D eigenvalue weighted by molar-refractivity contribution is -0.137. The van der Waals surface area contributed by atoms with Gasteiger partial charge in [0, 0.05) is 12.2 Å². The monoisotopic (exact) mass is 457 g/mol. The van der Waals surface area contributed by atoms with E-state index >= 15 is 0 Å². The maximum absolute atomic E-state index is 13.5. The highest BCUT2D eigenvalue weighted by atomic mass is 35.5. The lowest BCUT2D eigenvalue weighted by Crippen LogP contribution is -2.20. The third kappa shape index (κ3) is 3.12. The summed E-state index contributed by atoms with van der Waals surface area (Å²) in [6, 6.07) is 10.6. The van der Waals surface area contributed by atoms with Crippen molar-refractivity contribution in [3.05, 3.63) is 69.7 Å². The van der Waals surface area contributed by atoms with Crippen molar-refractivity contribution in [3.8, 4) is 5.69 Å². The van der Waals surface area contributed by atoms with Gasteiger partial charge in [-0.05, 0) is 36.8 Å². The number of para-hydroxylation sites is 2. The van der Waals surface area contributed by atoms with Crippen molar-refractivity contribution in [1.29, 1.82) is 0 Å². The smallest absolute Gasteiger partial charge is 0.299 e. The van der Waals surface area contributed by atoms with E-state index in [0.29, 0.717) is 24.0 Å². The molecule has 6 nitrogen and oxygen atoms in total.